The van der Waals surface area contributed by atoms with Crippen LogP contribution in [0.4, 0.5) is 4.39 Å². The Morgan fingerprint density at radius 1 is 1.29 bits per heavy atom. The molecule has 0 aliphatic heterocycles. The van der Waals surface area contributed by atoms with Crippen LogP contribution in [0.3, 0.4) is 0 Å². The van der Waals surface area contributed by atoms with Gasteiger partial charge in [0.05, 0.1) is 17.1 Å². The van der Waals surface area contributed by atoms with Crippen LogP contribution in [0.2, 0.25) is 0 Å². The van der Waals surface area contributed by atoms with Crippen LogP contribution in [0.25, 0.3) is 0 Å². The van der Waals surface area contributed by atoms with Crippen molar-refractivity contribution < 1.29 is 19.1 Å². The van der Waals surface area contributed by atoms with Gasteiger partial charge in [0.2, 0.25) is 5.91 Å². The number of aromatic nitrogens is 1. The number of carbonyl (C=O) groups is 2. The molecule has 1 amide bonds. The lowest BCUT2D eigenvalue weighted by Gasteiger charge is -2.19. The van der Waals surface area contributed by atoms with Gasteiger partial charge in [0.25, 0.3) is 0 Å². The van der Waals surface area contributed by atoms with Gasteiger partial charge in [-0.15, -0.1) is 11.3 Å². The first-order chi connectivity index (χ1) is 11.5. The van der Waals surface area contributed by atoms with E-state index in [2.05, 4.69) is 4.98 Å². The molecule has 0 aliphatic carbocycles. The van der Waals surface area contributed by atoms with Gasteiger partial charge in [-0.3, -0.25) is 9.59 Å². The van der Waals surface area contributed by atoms with E-state index in [-0.39, 0.29) is 24.7 Å². The number of aliphatic carboxylic acids is 1. The van der Waals surface area contributed by atoms with Crippen molar-refractivity contribution >= 4 is 23.2 Å². The van der Waals surface area contributed by atoms with E-state index in [1.807, 2.05) is 12.3 Å². The number of carbonyl (C=O) groups excluding carboxylic acids is 1. The van der Waals surface area contributed by atoms with Crippen LogP contribution >= 0.6 is 11.3 Å². The number of benzene rings is 1. The molecule has 0 radical (unpaired) electrons. The van der Waals surface area contributed by atoms with E-state index in [9.17, 15) is 14.0 Å². The van der Waals surface area contributed by atoms with E-state index in [0.29, 0.717) is 25.1 Å². The Labute approximate surface area is 143 Å². The van der Waals surface area contributed by atoms with Gasteiger partial charge < -0.3 is 10.0 Å². The molecular formula is C17H19FN2O3S. The lowest BCUT2D eigenvalue weighted by molar-refractivity contribution is -0.144. The van der Waals surface area contributed by atoms with Crippen molar-refractivity contribution in [1.29, 1.82) is 0 Å². The van der Waals surface area contributed by atoms with E-state index in [1.54, 1.807) is 12.1 Å². The van der Waals surface area contributed by atoms with Crippen LogP contribution in [0, 0.1) is 5.82 Å². The number of amides is 1. The lowest BCUT2D eigenvalue weighted by atomic mass is 10.1. The molecule has 0 atom stereocenters. The zero-order valence-electron chi connectivity index (χ0n) is 13.4. The molecule has 7 heteroatoms. The topological polar surface area (TPSA) is 70.5 Å². The Bertz CT molecular complexity index is 700. The first-order valence-electron chi connectivity index (χ1n) is 7.65. The van der Waals surface area contributed by atoms with Gasteiger partial charge in [0.15, 0.2) is 0 Å². The largest absolute Gasteiger partial charge is 0.480 e. The average molecular weight is 350 g/mol. The number of carboxylic acids is 1. The second-order valence-corrected chi connectivity index (χ2v) is 6.36. The number of hydrogen-bond donors (Lipinski definition) is 1. The summed E-state index contributed by atoms with van der Waals surface area (Å²) in [7, 11) is 0. The summed E-state index contributed by atoms with van der Waals surface area (Å²) in [5.41, 5.74) is 1.58. The van der Waals surface area contributed by atoms with Crippen molar-refractivity contribution in [2.45, 2.75) is 26.2 Å². The quantitative estimate of drug-likeness (QED) is 0.795. The third-order valence-electron chi connectivity index (χ3n) is 3.37. The minimum atomic E-state index is -1.02. The molecule has 1 N–H and O–H groups in total. The third-order valence-corrected chi connectivity index (χ3v) is 4.27. The van der Waals surface area contributed by atoms with Gasteiger partial charge in [0.1, 0.15) is 12.4 Å². The summed E-state index contributed by atoms with van der Waals surface area (Å²) in [5.74, 6) is -1.54. The van der Waals surface area contributed by atoms with Crippen LogP contribution in [0.5, 0.6) is 0 Å². The molecule has 2 rings (SSSR count). The van der Waals surface area contributed by atoms with Gasteiger partial charge in [-0.05, 0) is 24.1 Å². The van der Waals surface area contributed by atoms with Crippen LogP contribution in [-0.2, 0) is 22.4 Å². The fourth-order valence-electron chi connectivity index (χ4n) is 2.28. The standard InChI is InChI=1S/C17H19FN2O3S/c1-2-7-20(10-17(22)23)16(21)9-14-11-24-15(19-14)8-12-3-5-13(18)6-4-12/h3-6,11H,2,7-10H2,1H3,(H,22,23). The van der Waals surface area contributed by atoms with Gasteiger partial charge >= 0.3 is 5.97 Å². The molecule has 5 nitrogen and oxygen atoms in total. The molecule has 0 spiro atoms. The highest BCUT2D eigenvalue weighted by molar-refractivity contribution is 7.09. The highest BCUT2D eigenvalue weighted by Crippen LogP contribution is 2.16. The van der Waals surface area contributed by atoms with Gasteiger partial charge in [-0.25, -0.2) is 9.37 Å². The van der Waals surface area contributed by atoms with Gasteiger partial charge in [-0.1, -0.05) is 19.1 Å². The van der Waals surface area contributed by atoms with Crippen molar-refractivity contribution in [3.05, 3.63) is 51.7 Å². The zero-order valence-corrected chi connectivity index (χ0v) is 14.2. The number of nitrogens with zero attached hydrogens (tertiary/aromatic N) is 2. The number of hydrogen-bond acceptors (Lipinski definition) is 4. The van der Waals surface area contributed by atoms with E-state index in [0.717, 1.165) is 10.6 Å². The Hall–Kier alpha value is -2.28. The minimum Gasteiger partial charge on any atom is -0.480 e. The van der Waals surface area contributed by atoms with Crippen molar-refractivity contribution in [3.8, 4) is 0 Å². The van der Waals surface area contributed by atoms with Gasteiger partial charge in [-0.2, -0.15) is 0 Å². The summed E-state index contributed by atoms with van der Waals surface area (Å²) in [4.78, 5) is 28.8. The fourth-order valence-corrected chi connectivity index (χ4v) is 3.11. The molecule has 1 aromatic carbocycles. The van der Waals surface area contributed by atoms with Crippen LogP contribution in [0.1, 0.15) is 29.6 Å². The van der Waals surface area contributed by atoms with E-state index >= 15 is 0 Å². The number of carboxylic acid groups (broad SMARTS) is 1. The first-order valence-corrected chi connectivity index (χ1v) is 8.53. The second-order valence-electron chi connectivity index (χ2n) is 5.42. The molecule has 0 saturated carbocycles. The smallest absolute Gasteiger partial charge is 0.323 e. The Kier molecular flexibility index (Phi) is 6.43. The number of rotatable bonds is 8. The summed E-state index contributed by atoms with van der Waals surface area (Å²) in [5, 5.41) is 11.5. The SMILES string of the molecule is CCCN(CC(=O)O)C(=O)Cc1csc(Cc2ccc(F)cc2)n1. The normalized spacial score (nSPS) is 10.6. The Morgan fingerprint density at radius 2 is 2.00 bits per heavy atom. The summed E-state index contributed by atoms with van der Waals surface area (Å²) >= 11 is 1.44. The van der Waals surface area contributed by atoms with Crippen molar-refractivity contribution in [1.82, 2.24) is 9.88 Å². The van der Waals surface area contributed by atoms with Crippen LogP contribution < -0.4 is 0 Å². The van der Waals surface area contributed by atoms with Crippen molar-refractivity contribution in [2.75, 3.05) is 13.1 Å². The van der Waals surface area contributed by atoms with Crippen LogP contribution in [0.15, 0.2) is 29.6 Å². The molecule has 24 heavy (non-hydrogen) atoms. The second kappa shape index (κ2) is 8.54. The molecule has 128 valence electrons. The first kappa shape index (κ1) is 18.1. The van der Waals surface area contributed by atoms with Crippen molar-refractivity contribution in [2.24, 2.45) is 0 Å². The van der Waals surface area contributed by atoms with E-state index in [4.69, 9.17) is 5.11 Å². The van der Waals surface area contributed by atoms with Crippen LogP contribution in [-0.4, -0.2) is 40.0 Å². The molecule has 0 fully saturated rings. The minimum absolute atomic E-state index is 0.0905. The highest BCUT2D eigenvalue weighted by Gasteiger charge is 2.17. The summed E-state index contributed by atoms with van der Waals surface area (Å²) < 4.78 is 12.9. The monoisotopic (exact) mass is 350 g/mol. The average Bonchev–Trinajstić information content (AvgIpc) is 2.96. The molecular weight excluding hydrogens is 331 g/mol. The molecule has 0 unspecified atom stereocenters. The molecule has 0 bridgehead atoms. The molecule has 1 heterocycles. The number of thiazole rings is 1. The lowest BCUT2D eigenvalue weighted by Crippen LogP contribution is -2.37. The Morgan fingerprint density at radius 3 is 2.62 bits per heavy atom. The summed E-state index contributed by atoms with van der Waals surface area (Å²) in [6, 6.07) is 6.22. The predicted octanol–water partition coefficient (Wildman–Crippen LogP) is 2.74. The van der Waals surface area contributed by atoms with E-state index in [1.165, 1.54) is 28.4 Å². The fraction of sp³-hybridized carbons (Fsp3) is 0.353. The molecule has 0 saturated heterocycles. The third kappa shape index (κ3) is 5.42. The maximum atomic E-state index is 12.9. The van der Waals surface area contributed by atoms with Gasteiger partial charge in [0, 0.05) is 18.3 Å². The summed E-state index contributed by atoms with van der Waals surface area (Å²) in [6.07, 6.45) is 1.37. The maximum Gasteiger partial charge on any atom is 0.323 e. The maximum absolute atomic E-state index is 12.9. The van der Waals surface area contributed by atoms with E-state index < -0.39 is 5.97 Å². The highest BCUT2D eigenvalue weighted by atomic mass is 32.1. The summed E-state index contributed by atoms with van der Waals surface area (Å²) in [6.45, 7) is 2.02. The molecule has 2 aromatic rings. The molecule has 1 aromatic heterocycles. The zero-order chi connectivity index (χ0) is 17.5. The predicted molar refractivity (Wildman–Crippen MR) is 89.5 cm³/mol. The Balaban J connectivity index is 1.97. The number of halogens is 1. The van der Waals surface area contributed by atoms with Crippen molar-refractivity contribution in [3.63, 3.8) is 0 Å². The molecule has 0 aliphatic rings.